The molecule has 3 aromatic rings. The van der Waals surface area contributed by atoms with Crippen molar-refractivity contribution in [1.29, 1.82) is 0 Å². The number of para-hydroxylation sites is 1. The summed E-state index contributed by atoms with van der Waals surface area (Å²) >= 11 is 0. The highest BCUT2D eigenvalue weighted by molar-refractivity contribution is 7.92. The fraction of sp³-hybridized carbons (Fsp3) is 0.176. The number of aryl methyl sites for hydroxylation is 1. The van der Waals surface area contributed by atoms with E-state index < -0.39 is 16.0 Å². The number of anilines is 1. The van der Waals surface area contributed by atoms with Crippen molar-refractivity contribution in [3.05, 3.63) is 59.6 Å². The van der Waals surface area contributed by atoms with Crippen LogP contribution in [-0.4, -0.2) is 31.3 Å². The molecule has 8 nitrogen and oxygen atoms in total. The maximum atomic E-state index is 12.6. The first-order chi connectivity index (χ1) is 12.3. The van der Waals surface area contributed by atoms with Crippen molar-refractivity contribution in [3.63, 3.8) is 0 Å². The average Bonchev–Trinajstić information content (AvgIpc) is 3.23. The normalized spacial score (nSPS) is 11.3. The Hall–Kier alpha value is -3.07. The molecule has 0 saturated heterocycles. The zero-order valence-corrected chi connectivity index (χ0v) is 15.2. The molecule has 0 unspecified atom stereocenters. The number of nitrogens with zero attached hydrogens (tertiary/aromatic N) is 2. The third-order valence-corrected chi connectivity index (χ3v) is 4.98. The fourth-order valence-electron chi connectivity index (χ4n) is 2.47. The van der Waals surface area contributed by atoms with Gasteiger partial charge in [-0.25, -0.2) is 9.48 Å². The lowest BCUT2D eigenvalue weighted by molar-refractivity contribution is 0.0559. The van der Waals surface area contributed by atoms with Crippen LogP contribution in [0, 0.1) is 13.8 Å². The summed E-state index contributed by atoms with van der Waals surface area (Å²) in [7, 11) is -2.84. The molecule has 2 aromatic heterocycles. The van der Waals surface area contributed by atoms with Gasteiger partial charge in [0.15, 0.2) is 0 Å². The molecule has 136 valence electrons. The molecule has 0 aliphatic heterocycles. The van der Waals surface area contributed by atoms with Crippen molar-refractivity contribution in [2.24, 2.45) is 0 Å². The number of rotatable bonds is 5. The van der Waals surface area contributed by atoms with Gasteiger partial charge >= 0.3 is 5.97 Å². The molecule has 0 aliphatic rings. The van der Waals surface area contributed by atoms with Crippen molar-refractivity contribution in [1.82, 2.24) is 9.78 Å². The maximum Gasteiger partial charge on any atom is 0.374 e. The lowest BCUT2D eigenvalue weighted by Crippen LogP contribution is -2.13. The summed E-state index contributed by atoms with van der Waals surface area (Å²) in [6.45, 7) is 3.46. The SMILES string of the molecule is COC(=O)c1ccc(S(=O)(=O)Nc2c(C)nn(-c3ccccc3)c2C)o1. The number of carbonyl (C=O) groups excluding carboxylic acids is 1. The molecule has 0 radical (unpaired) electrons. The summed E-state index contributed by atoms with van der Waals surface area (Å²) < 4.78 is 38.9. The largest absolute Gasteiger partial charge is 0.463 e. The number of hydrogen-bond donors (Lipinski definition) is 1. The molecule has 0 bridgehead atoms. The second-order valence-electron chi connectivity index (χ2n) is 5.51. The van der Waals surface area contributed by atoms with Gasteiger partial charge < -0.3 is 9.15 Å². The van der Waals surface area contributed by atoms with E-state index in [0.717, 1.165) is 5.69 Å². The number of methoxy groups -OCH3 is 1. The molecular formula is C17H17N3O5S. The Kier molecular flexibility index (Phi) is 4.56. The highest BCUT2D eigenvalue weighted by atomic mass is 32.2. The predicted octanol–water partition coefficient (Wildman–Crippen LogP) is 2.67. The molecule has 1 N–H and O–H groups in total. The summed E-state index contributed by atoms with van der Waals surface area (Å²) in [5.74, 6) is -0.947. The molecule has 1 aromatic carbocycles. The monoisotopic (exact) mass is 375 g/mol. The van der Waals surface area contributed by atoms with Gasteiger partial charge in [0.1, 0.15) is 0 Å². The van der Waals surface area contributed by atoms with Crippen molar-refractivity contribution in [2.45, 2.75) is 18.9 Å². The zero-order valence-electron chi connectivity index (χ0n) is 14.4. The summed E-state index contributed by atoms with van der Waals surface area (Å²) in [4.78, 5) is 11.4. The summed E-state index contributed by atoms with van der Waals surface area (Å²) in [5, 5.41) is 4.00. The van der Waals surface area contributed by atoms with E-state index in [0.29, 0.717) is 17.1 Å². The first-order valence-electron chi connectivity index (χ1n) is 7.66. The van der Waals surface area contributed by atoms with E-state index in [1.54, 1.807) is 18.5 Å². The molecule has 9 heteroatoms. The van der Waals surface area contributed by atoms with Crippen molar-refractivity contribution in [3.8, 4) is 5.69 Å². The van der Waals surface area contributed by atoms with Gasteiger partial charge in [-0.2, -0.15) is 13.5 Å². The first kappa shape index (κ1) is 17.7. The predicted molar refractivity (Wildman–Crippen MR) is 93.9 cm³/mol. The third kappa shape index (κ3) is 3.21. The Morgan fingerprint density at radius 1 is 1.15 bits per heavy atom. The van der Waals surface area contributed by atoms with Gasteiger partial charge in [-0.05, 0) is 38.1 Å². The van der Waals surface area contributed by atoms with Crippen molar-refractivity contribution >= 4 is 21.7 Å². The van der Waals surface area contributed by atoms with Gasteiger partial charge in [0.05, 0.1) is 29.9 Å². The number of esters is 1. The van der Waals surface area contributed by atoms with E-state index in [1.165, 1.54) is 19.2 Å². The van der Waals surface area contributed by atoms with E-state index in [4.69, 9.17) is 4.42 Å². The minimum Gasteiger partial charge on any atom is -0.463 e. The second-order valence-corrected chi connectivity index (χ2v) is 7.12. The van der Waals surface area contributed by atoms with Gasteiger partial charge in [0, 0.05) is 0 Å². The van der Waals surface area contributed by atoms with E-state index >= 15 is 0 Å². The number of carbonyl (C=O) groups is 1. The lowest BCUT2D eigenvalue weighted by atomic mass is 10.3. The van der Waals surface area contributed by atoms with E-state index in [-0.39, 0.29) is 10.9 Å². The van der Waals surface area contributed by atoms with Crippen LogP contribution in [0.4, 0.5) is 5.69 Å². The van der Waals surface area contributed by atoms with Crippen LogP contribution in [0.25, 0.3) is 5.69 Å². The molecule has 0 fully saturated rings. The van der Waals surface area contributed by atoms with Gasteiger partial charge in [0.25, 0.3) is 10.0 Å². The number of benzene rings is 1. The van der Waals surface area contributed by atoms with Crippen LogP contribution in [0.15, 0.2) is 52.0 Å². The molecule has 0 aliphatic carbocycles. The molecule has 0 spiro atoms. The third-order valence-electron chi connectivity index (χ3n) is 3.76. The number of sulfonamides is 1. The smallest absolute Gasteiger partial charge is 0.374 e. The molecule has 0 amide bonds. The summed E-state index contributed by atoms with van der Waals surface area (Å²) in [6.07, 6.45) is 0. The molecular weight excluding hydrogens is 358 g/mol. The van der Waals surface area contributed by atoms with Crippen LogP contribution < -0.4 is 4.72 Å². The van der Waals surface area contributed by atoms with Gasteiger partial charge in [0.2, 0.25) is 10.9 Å². The minimum absolute atomic E-state index is 0.193. The molecule has 3 rings (SSSR count). The second kappa shape index (κ2) is 6.68. The Balaban J connectivity index is 1.95. The Morgan fingerprint density at radius 3 is 2.50 bits per heavy atom. The number of aromatic nitrogens is 2. The topological polar surface area (TPSA) is 103 Å². The highest BCUT2D eigenvalue weighted by Gasteiger charge is 2.25. The van der Waals surface area contributed by atoms with E-state index in [9.17, 15) is 13.2 Å². The maximum absolute atomic E-state index is 12.6. The molecule has 0 saturated carbocycles. The molecule has 26 heavy (non-hydrogen) atoms. The van der Waals surface area contributed by atoms with Gasteiger partial charge in [-0.15, -0.1) is 0 Å². The van der Waals surface area contributed by atoms with Crippen molar-refractivity contribution < 1.29 is 22.4 Å². The number of nitrogens with one attached hydrogen (secondary N) is 1. The zero-order chi connectivity index (χ0) is 18.9. The van der Waals surface area contributed by atoms with Gasteiger partial charge in [-0.1, -0.05) is 18.2 Å². The first-order valence-corrected chi connectivity index (χ1v) is 9.14. The van der Waals surface area contributed by atoms with Crippen LogP contribution in [0.3, 0.4) is 0 Å². The number of ether oxygens (including phenoxy) is 1. The Labute approximate surface area is 150 Å². The van der Waals surface area contributed by atoms with Crippen LogP contribution >= 0.6 is 0 Å². The van der Waals surface area contributed by atoms with E-state index in [1.807, 2.05) is 30.3 Å². The minimum atomic E-state index is -4.03. The average molecular weight is 375 g/mol. The highest BCUT2D eigenvalue weighted by Crippen LogP contribution is 2.26. The van der Waals surface area contributed by atoms with Crippen LogP contribution in [-0.2, 0) is 14.8 Å². The van der Waals surface area contributed by atoms with Crippen LogP contribution in [0.1, 0.15) is 21.9 Å². The molecule has 2 heterocycles. The van der Waals surface area contributed by atoms with E-state index in [2.05, 4.69) is 14.6 Å². The number of hydrogen-bond acceptors (Lipinski definition) is 6. The Morgan fingerprint density at radius 2 is 1.85 bits per heavy atom. The van der Waals surface area contributed by atoms with Crippen LogP contribution in [0.5, 0.6) is 0 Å². The summed E-state index contributed by atoms with van der Waals surface area (Å²) in [6, 6.07) is 11.8. The Bertz CT molecular complexity index is 1050. The lowest BCUT2D eigenvalue weighted by Gasteiger charge is -2.07. The van der Waals surface area contributed by atoms with Gasteiger partial charge in [-0.3, -0.25) is 4.72 Å². The summed E-state index contributed by atoms with van der Waals surface area (Å²) in [5.41, 5.74) is 2.29. The number of furan rings is 1. The fourth-order valence-corrected chi connectivity index (χ4v) is 3.58. The molecule has 0 atom stereocenters. The van der Waals surface area contributed by atoms with Crippen LogP contribution in [0.2, 0.25) is 0 Å². The van der Waals surface area contributed by atoms with Crippen molar-refractivity contribution in [2.75, 3.05) is 11.8 Å². The quantitative estimate of drug-likeness (QED) is 0.688. The standard InChI is InChI=1S/C17H17N3O5S/c1-11-16(12(2)20(18-11)13-7-5-4-6-8-13)19-26(22,23)15-10-9-14(25-15)17(21)24-3/h4-10,19H,1-3H3.